The molecule has 0 bridgehead atoms. The summed E-state index contributed by atoms with van der Waals surface area (Å²) in [6.07, 6.45) is 3.33. The summed E-state index contributed by atoms with van der Waals surface area (Å²) >= 11 is 6.03. The third-order valence-corrected chi connectivity index (χ3v) is 3.10. The van der Waals surface area contributed by atoms with Crippen LogP contribution in [0.2, 0.25) is 5.15 Å². The molecule has 0 saturated heterocycles. The molecule has 5 nitrogen and oxygen atoms in total. The van der Waals surface area contributed by atoms with Crippen molar-refractivity contribution in [3.05, 3.63) is 59.5 Å². The smallest absolute Gasteiger partial charge is 0.138 e. The minimum absolute atomic E-state index is 0.369. The molecule has 0 saturated carbocycles. The zero-order chi connectivity index (χ0) is 13.9. The third-order valence-electron chi connectivity index (χ3n) is 2.80. The highest BCUT2D eigenvalue weighted by molar-refractivity contribution is 6.31. The van der Waals surface area contributed by atoms with Crippen molar-refractivity contribution in [2.75, 3.05) is 0 Å². The fourth-order valence-electron chi connectivity index (χ4n) is 1.85. The van der Waals surface area contributed by atoms with Gasteiger partial charge in [-0.05, 0) is 24.3 Å². The molecule has 0 aliphatic rings. The molecule has 96 valence electrons. The standard InChI is InChI=1S/C14H8ClN5/c15-14-11(5-3-7-17-14)12-9-20(19-18-12)13-6-2-1-4-10(13)8-16/h1-7,9H. The largest absolute Gasteiger partial charge is 0.244 e. The van der Waals surface area contributed by atoms with Crippen LogP contribution in [0.5, 0.6) is 0 Å². The predicted octanol–water partition coefficient (Wildman–Crippen LogP) is 2.85. The number of benzene rings is 1. The number of rotatable bonds is 2. The van der Waals surface area contributed by atoms with Gasteiger partial charge in [0.1, 0.15) is 16.9 Å². The summed E-state index contributed by atoms with van der Waals surface area (Å²) in [7, 11) is 0. The molecule has 0 radical (unpaired) electrons. The molecule has 2 aromatic heterocycles. The topological polar surface area (TPSA) is 67.4 Å². The minimum atomic E-state index is 0.369. The Morgan fingerprint density at radius 2 is 2.00 bits per heavy atom. The fraction of sp³-hybridized carbons (Fsp3) is 0. The molecule has 3 aromatic rings. The fourth-order valence-corrected chi connectivity index (χ4v) is 2.07. The Bertz CT molecular complexity index is 803. The Balaban J connectivity index is 2.08. The number of halogens is 1. The van der Waals surface area contributed by atoms with E-state index in [-0.39, 0.29) is 0 Å². The van der Waals surface area contributed by atoms with E-state index in [0.29, 0.717) is 27.7 Å². The van der Waals surface area contributed by atoms with E-state index < -0.39 is 0 Å². The molecular formula is C14H8ClN5. The van der Waals surface area contributed by atoms with E-state index in [4.69, 9.17) is 16.9 Å². The average molecular weight is 282 g/mol. The van der Waals surface area contributed by atoms with Crippen molar-refractivity contribution in [2.24, 2.45) is 0 Å². The molecule has 0 fully saturated rings. The first kappa shape index (κ1) is 12.3. The van der Waals surface area contributed by atoms with Crippen molar-refractivity contribution in [1.82, 2.24) is 20.0 Å². The van der Waals surface area contributed by atoms with E-state index >= 15 is 0 Å². The van der Waals surface area contributed by atoms with E-state index in [1.165, 1.54) is 0 Å². The van der Waals surface area contributed by atoms with Crippen molar-refractivity contribution in [3.63, 3.8) is 0 Å². The zero-order valence-corrected chi connectivity index (χ0v) is 11.0. The quantitative estimate of drug-likeness (QED) is 0.677. The SMILES string of the molecule is N#Cc1ccccc1-n1cc(-c2cccnc2Cl)nn1. The normalized spacial score (nSPS) is 10.2. The van der Waals surface area contributed by atoms with Crippen LogP contribution in [0.1, 0.15) is 5.56 Å². The van der Waals surface area contributed by atoms with Gasteiger partial charge < -0.3 is 0 Å². The lowest BCUT2D eigenvalue weighted by Crippen LogP contribution is -1.97. The maximum atomic E-state index is 9.11. The van der Waals surface area contributed by atoms with Crippen LogP contribution in [0.25, 0.3) is 16.9 Å². The van der Waals surface area contributed by atoms with Crippen LogP contribution in [0.15, 0.2) is 48.8 Å². The van der Waals surface area contributed by atoms with Crippen LogP contribution in [-0.2, 0) is 0 Å². The van der Waals surface area contributed by atoms with E-state index in [1.807, 2.05) is 18.2 Å². The Hall–Kier alpha value is -2.71. The summed E-state index contributed by atoms with van der Waals surface area (Å²) in [5.74, 6) is 0. The summed E-state index contributed by atoms with van der Waals surface area (Å²) in [5, 5.41) is 17.6. The third kappa shape index (κ3) is 2.13. The molecule has 6 heteroatoms. The van der Waals surface area contributed by atoms with Gasteiger partial charge in [-0.25, -0.2) is 9.67 Å². The second-order valence-corrected chi connectivity index (χ2v) is 4.38. The highest BCUT2D eigenvalue weighted by Gasteiger charge is 2.11. The number of hydrogen-bond acceptors (Lipinski definition) is 4. The molecular weight excluding hydrogens is 274 g/mol. The molecule has 1 aromatic carbocycles. The van der Waals surface area contributed by atoms with Crippen molar-refractivity contribution in [3.8, 4) is 23.0 Å². The lowest BCUT2D eigenvalue weighted by Gasteiger charge is -2.01. The average Bonchev–Trinajstić information content (AvgIpc) is 2.97. The highest BCUT2D eigenvalue weighted by Crippen LogP contribution is 2.24. The van der Waals surface area contributed by atoms with Crippen molar-refractivity contribution in [1.29, 1.82) is 5.26 Å². The van der Waals surface area contributed by atoms with Crippen LogP contribution < -0.4 is 0 Å². The summed E-state index contributed by atoms with van der Waals surface area (Å²) in [4.78, 5) is 4.01. The van der Waals surface area contributed by atoms with Gasteiger partial charge in [0.15, 0.2) is 0 Å². The van der Waals surface area contributed by atoms with Crippen molar-refractivity contribution in [2.45, 2.75) is 0 Å². The molecule has 3 rings (SSSR count). The molecule has 0 unspecified atom stereocenters. The number of para-hydroxylation sites is 1. The highest BCUT2D eigenvalue weighted by atomic mass is 35.5. The monoisotopic (exact) mass is 281 g/mol. The Labute approximate surface area is 120 Å². The van der Waals surface area contributed by atoms with Crippen LogP contribution >= 0.6 is 11.6 Å². The van der Waals surface area contributed by atoms with Crippen LogP contribution in [0, 0.1) is 11.3 Å². The number of aromatic nitrogens is 4. The summed E-state index contributed by atoms with van der Waals surface area (Å²) in [6.45, 7) is 0. The van der Waals surface area contributed by atoms with Gasteiger partial charge in [0.25, 0.3) is 0 Å². The van der Waals surface area contributed by atoms with Gasteiger partial charge in [-0.2, -0.15) is 5.26 Å². The lowest BCUT2D eigenvalue weighted by atomic mass is 10.2. The molecule has 0 aliphatic carbocycles. The lowest BCUT2D eigenvalue weighted by molar-refractivity contribution is 0.802. The maximum Gasteiger partial charge on any atom is 0.138 e. The van der Waals surface area contributed by atoms with Crippen LogP contribution in [0.3, 0.4) is 0 Å². The second-order valence-electron chi connectivity index (χ2n) is 4.02. The van der Waals surface area contributed by atoms with Crippen molar-refractivity contribution < 1.29 is 0 Å². The molecule has 20 heavy (non-hydrogen) atoms. The van der Waals surface area contributed by atoms with E-state index in [2.05, 4.69) is 21.4 Å². The van der Waals surface area contributed by atoms with Gasteiger partial charge in [-0.15, -0.1) is 5.10 Å². The van der Waals surface area contributed by atoms with E-state index in [1.54, 1.807) is 35.3 Å². The van der Waals surface area contributed by atoms with Crippen molar-refractivity contribution >= 4 is 11.6 Å². The molecule has 0 spiro atoms. The van der Waals surface area contributed by atoms with Gasteiger partial charge >= 0.3 is 0 Å². The van der Waals surface area contributed by atoms with Crippen LogP contribution in [0.4, 0.5) is 0 Å². The first-order valence-electron chi connectivity index (χ1n) is 5.82. The number of nitrogens with zero attached hydrogens (tertiary/aromatic N) is 5. The van der Waals surface area contributed by atoms with Crippen LogP contribution in [-0.4, -0.2) is 20.0 Å². The Morgan fingerprint density at radius 3 is 2.80 bits per heavy atom. The Morgan fingerprint density at radius 1 is 1.15 bits per heavy atom. The van der Waals surface area contributed by atoms with E-state index in [9.17, 15) is 0 Å². The first-order valence-corrected chi connectivity index (χ1v) is 6.20. The minimum Gasteiger partial charge on any atom is -0.244 e. The van der Waals surface area contributed by atoms with Gasteiger partial charge in [-0.3, -0.25) is 0 Å². The maximum absolute atomic E-state index is 9.11. The molecule has 0 N–H and O–H groups in total. The van der Waals surface area contributed by atoms with Gasteiger partial charge in [0.05, 0.1) is 17.4 Å². The second kappa shape index (κ2) is 5.11. The van der Waals surface area contributed by atoms with E-state index in [0.717, 1.165) is 0 Å². The summed E-state index contributed by atoms with van der Waals surface area (Å²) in [5.41, 5.74) is 2.51. The first-order chi connectivity index (χ1) is 9.79. The molecule has 2 heterocycles. The number of pyridine rings is 1. The van der Waals surface area contributed by atoms with Gasteiger partial charge in [0, 0.05) is 11.8 Å². The molecule has 0 atom stereocenters. The molecule has 0 aliphatic heterocycles. The van der Waals surface area contributed by atoms with Gasteiger partial charge in [-0.1, -0.05) is 28.9 Å². The number of nitriles is 1. The Kier molecular flexibility index (Phi) is 3.15. The van der Waals surface area contributed by atoms with Gasteiger partial charge in [0.2, 0.25) is 0 Å². The molecule has 0 amide bonds. The zero-order valence-electron chi connectivity index (χ0n) is 10.2. The number of hydrogen-bond donors (Lipinski definition) is 0. The summed E-state index contributed by atoms with van der Waals surface area (Å²) in [6, 6.07) is 12.9. The predicted molar refractivity (Wildman–Crippen MR) is 74.3 cm³/mol. The summed E-state index contributed by atoms with van der Waals surface area (Å²) < 4.78 is 1.55.